The van der Waals surface area contributed by atoms with Crippen LogP contribution in [0.5, 0.6) is 0 Å². The molecule has 17 heavy (non-hydrogen) atoms. The molecule has 4 N–H and O–H groups in total. The van der Waals surface area contributed by atoms with Crippen LogP contribution in [0.4, 0.5) is 10.1 Å². The zero-order chi connectivity index (χ0) is 12.4. The summed E-state index contributed by atoms with van der Waals surface area (Å²) in [7, 11) is 1.67. The van der Waals surface area contributed by atoms with E-state index in [1.807, 2.05) is 0 Å². The molecule has 2 rings (SSSR count). The Hall–Kier alpha value is -1.58. The van der Waals surface area contributed by atoms with Gasteiger partial charge in [-0.2, -0.15) is 0 Å². The monoisotopic (exact) mass is 235 g/mol. The molecule has 1 aromatic carbocycles. The number of aliphatic imine (C=N–C) groups is 1. The maximum absolute atomic E-state index is 13.4. The van der Waals surface area contributed by atoms with Crippen LogP contribution in [-0.2, 0) is 0 Å². The Morgan fingerprint density at radius 2 is 2.12 bits per heavy atom. The van der Waals surface area contributed by atoms with Gasteiger partial charge >= 0.3 is 0 Å². The maximum Gasteiger partial charge on any atom is 0.125 e. The molecule has 1 unspecified atom stereocenters. The van der Waals surface area contributed by atoms with E-state index in [-0.39, 0.29) is 11.7 Å². The highest BCUT2D eigenvalue weighted by molar-refractivity contribution is 5.88. The molecule has 1 fully saturated rings. The van der Waals surface area contributed by atoms with Crippen LogP contribution in [0.3, 0.4) is 0 Å². The molecule has 1 aliphatic rings. The lowest BCUT2D eigenvalue weighted by Gasteiger charge is -2.33. The molecule has 1 aromatic rings. The summed E-state index contributed by atoms with van der Waals surface area (Å²) in [4.78, 5) is 4.06. The summed E-state index contributed by atoms with van der Waals surface area (Å²) in [6.45, 7) is 0. The molecule has 3 nitrogen and oxygen atoms in total. The summed E-state index contributed by atoms with van der Waals surface area (Å²) < 4.78 is 13.4. The normalized spacial score (nSPS) is 18.8. The zero-order valence-corrected chi connectivity index (χ0v) is 9.99. The zero-order valence-electron chi connectivity index (χ0n) is 9.99. The minimum atomic E-state index is -0.312. The number of benzene rings is 1. The third-order valence-corrected chi connectivity index (χ3v) is 3.50. The lowest BCUT2D eigenvalue weighted by Crippen LogP contribution is -2.32. The molecule has 1 atom stereocenters. The summed E-state index contributed by atoms with van der Waals surface area (Å²) in [5, 5.41) is 0. The van der Waals surface area contributed by atoms with Crippen LogP contribution < -0.4 is 11.5 Å². The van der Waals surface area contributed by atoms with Crippen LogP contribution in [0, 0.1) is 11.7 Å². The van der Waals surface area contributed by atoms with E-state index < -0.39 is 0 Å². The fourth-order valence-corrected chi connectivity index (χ4v) is 2.41. The molecule has 0 aromatic heterocycles. The van der Waals surface area contributed by atoms with Gasteiger partial charge in [0.2, 0.25) is 0 Å². The van der Waals surface area contributed by atoms with Crippen molar-refractivity contribution in [3.05, 3.63) is 29.6 Å². The van der Waals surface area contributed by atoms with Crippen LogP contribution >= 0.6 is 0 Å². The summed E-state index contributed by atoms with van der Waals surface area (Å²) in [6.07, 6.45) is 3.46. The van der Waals surface area contributed by atoms with Crippen molar-refractivity contribution in [1.29, 1.82) is 0 Å². The minimum Gasteiger partial charge on any atom is -0.399 e. The van der Waals surface area contributed by atoms with E-state index in [0.29, 0.717) is 17.4 Å². The molecular weight excluding hydrogens is 217 g/mol. The topological polar surface area (TPSA) is 64.4 Å². The summed E-state index contributed by atoms with van der Waals surface area (Å²) in [5.41, 5.74) is 12.9. The van der Waals surface area contributed by atoms with Gasteiger partial charge in [-0.15, -0.1) is 0 Å². The molecular formula is C13H18FN3. The first-order chi connectivity index (χ1) is 8.11. The second-order valence-electron chi connectivity index (χ2n) is 4.64. The first-order valence-electron chi connectivity index (χ1n) is 5.90. The average Bonchev–Trinajstić information content (AvgIpc) is 2.20. The largest absolute Gasteiger partial charge is 0.399 e. The molecule has 0 bridgehead atoms. The maximum atomic E-state index is 13.4. The Bertz CT molecular complexity index is 418. The average molecular weight is 235 g/mol. The van der Waals surface area contributed by atoms with Crippen LogP contribution in [-0.4, -0.2) is 12.9 Å². The molecule has 0 radical (unpaired) electrons. The van der Waals surface area contributed by atoms with Gasteiger partial charge in [-0.25, -0.2) is 4.39 Å². The molecule has 1 saturated carbocycles. The second kappa shape index (κ2) is 4.73. The van der Waals surface area contributed by atoms with Crippen molar-refractivity contribution in [2.75, 3.05) is 12.8 Å². The van der Waals surface area contributed by atoms with E-state index in [1.165, 1.54) is 18.6 Å². The van der Waals surface area contributed by atoms with Gasteiger partial charge in [-0.05, 0) is 42.5 Å². The predicted molar refractivity (Wildman–Crippen MR) is 68.4 cm³/mol. The van der Waals surface area contributed by atoms with Crippen molar-refractivity contribution in [2.24, 2.45) is 16.6 Å². The Morgan fingerprint density at radius 1 is 1.41 bits per heavy atom. The standard InChI is InChI=1S/C13H18FN3/c1-17-13(16)12(8-3-2-4-8)9-5-10(14)7-11(15)6-9/h5-8,12H,2-4,15H2,1H3,(H2,16,17). The van der Waals surface area contributed by atoms with Gasteiger partial charge in [0.25, 0.3) is 0 Å². The Balaban J connectivity index is 2.37. The van der Waals surface area contributed by atoms with E-state index >= 15 is 0 Å². The highest BCUT2D eigenvalue weighted by Crippen LogP contribution is 2.40. The summed E-state index contributed by atoms with van der Waals surface area (Å²) in [5.74, 6) is 0.736. The molecule has 0 amide bonds. The lowest BCUT2D eigenvalue weighted by molar-refractivity contribution is 0.297. The van der Waals surface area contributed by atoms with Crippen molar-refractivity contribution >= 4 is 11.5 Å². The summed E-state index contributed by atoms with van der Waals surface area (Å²) in [6, 6.07) is 4.63. The molecule has 0 spiro atoms. The van der Waals surface area contributed by atoms with Gasteiger partial charge in [-0.3, -0.25) is 4.99 Å². The third-order valence-electron chi connectivity index (χ3n) is 3.50. The van der Waals surface area contributed by atoms with Gasteiger partial charge < -0.3 is 11.5 Å². The molecule has 0 aliphatic heterocycles. The lowest BCUT2D eigenvalue weighted by atomic mass is 9.72. The number of hydrogen-bond acceptors (Lipinski definition) is 2. The quantitative estimate of drug-likeness (QED) is 0.479. The fourth-order valence-electron chi connectivity index (χ4n) is 2.41. The SMILES string of the molecule is CN=C(N)C(c1cc(N)cc(F)c1)C1CCC1. The van der Waals surface area contributed by atoms with E-state index in [1.54, 1.807) is 13.1 Å². The van der Waals surface area contributed by atoms with Crippen LogP contribution in [0.15, 0.2) is 23.2 Å². The predicted octanol–water partition coefficient (Wildman–Crippen LogP) is 2.28. The minimum absolute atomic E-state index is 0.00625. The van der Waals surface area contributed by atoms with Gasteiger partial charge in [0, 0.05) is 18.7 Å². The number of amidine groups is 1. The number of halogens is 1. The number of nitrogen functional groups attached to an aromatic ring is 1. The van der Waals surface area contributed by atoms with Crippen LogP contribution in [0.1, 0.15) is 30.7 Å². The van der Waals surface area contributed by atoms with E-state index in [4.69, 9.17) is 11.5 Å². The number of anilines is 1. The first kappa shape index (κ1) is 11.9. The molecule has 4 heteroatoms. The van der Waals surface area contributed by atoms with Crippen molar-refractivity contribution < 1.29 is 4.39 Å². The molecule has 0 heterocycles. The van der Waals surface area contributed by atoms with Crippen LogP contribution in [0.25, 0.3) is 0 Å². The fraction of sp³-hybridized carbons (Fsp3) is 0.462. The van der Waals surface area contributed by atoms with Crippen LogP contribution in [0.2, 0.25) is 0 Å². The Kier molecular flexibility index (Phi) is 3.31. The van der Waals surface area contributed by atoms with Crippen molar-refractivity contribution in [3.63, 3.8) is 0 Å². The first-order valence-corrected chi connectivity index (χ1v) is 5.90. The third kappa shape index (κ3) is 2.40. The molecule has 92 valence electrons. The van der Waals surface area contributed by atoms with Crippen molar-refractivity contribution in [1.82, 2.24) is 0 Å². The highest BCUT2D eigenvalue weighted by atomic mass is 19.1. The van der Waals surface area contributed by atoms with Crippen molar-refractivity contribution in [3.8, 4) is 0 Å². The summed E-state index contributed by atoms with van der Waals surface area (Å²) >= 11 is 0. The van der Waals surface area contributed by atoms with E-state index in [2.05, 4.69) is 4.99 Å². The number of nitrogens with zero attached hydrogens (tertiary/aromatic N) is 1. The number of hydrogen-bond donors (Lipinski definition) is 2. The molecule has 1 aliphatic carbocycles. The Morgan fingerprint density at radius 3 is 2.59 bits per heavy atom. The molecule has 0 saturated heterocycles. The second-order valence-corrected chi connectivity index (χ2v) is 4.64. The van der Waals surface area contributed by atoms with Gasteiger partial charge in [0.05, 0.1) is 0 Å². The van der Waals surface area contributed by atoms with E-state index in [9.17, 15) is 4.39 Å². The van der Waals surface area contributed by atoms with Gasteiger partial charge in [-0.1, -0.05) is 6.42 Å². The van der Waals surface area contributed by atoms with Gasteiger partial charge in [0.15, 0.2) is 0 Å². The van der Waals surface area contributed by atoms with E-state index in [0.717, 1.165) is 18.4 Å². The highest BCUT2D eigenvalue weighted by Gasteiger charge is 2.31. The smallest absolute Gasteiger partial charge is 0.125 e. The number of nitrogens with two attached hydrogens (primary N) is 2. The Labute approximate surface area is 101 Å². The number of rotatable bonds is 3. The van der Waals surface area contributed by atoms with Gasteiger partial charge in [0.1, 0.15) is 11.7 Å². The van der Waals surface area contributed by atoms with Crippen molar-refractivity contribution in [2.45, 2.75) is 25.2 Å².